The van der Waals surface area contributed by atoms with Gasteiger partial charge in [-0.25, -0.2) is 0 Å². The molecule has 1 aromatic heterocycles. The van der Waals surface area contributed by atoms with Gasteiger partial charge in [-0.3, -0.25) is 9.89 Å². The number of aryl methyl sites for hydroxylation is 1. The molecule has 0 atom stereocenters. The van der Waals surface area contributed by atoms with E-state index >= 15 is 0 Å². The Morgan fingerprint density at radius 2 is 2.33 bits per heavy atom. The minimum atomic E-state index is -0.350. The van der Waals surface area contributed by atoms with Gasteiger partial charge in [0.2, 0.25) is 4.77 Å². The van der Waals surface area contributed by atoms with Crippen LogP contribution in [0.25, 0.3) is 0 Å². The van der Waals surface area contributed by atoms with Gasteiger partial charge < -0.3 is 0 Å². The van der Waals surface area contributed by atoms with E-state index in [1.165, 1.54) is 6.21 Å². The molecule has 2 aromatic rings. The zero-order valence-electron chi connectivity index (χ0n) is 9.42. The Balaban J connectivity index is 2.44. The third-order valence-electron chi connectivity index (χ3n) is 2.18. The molecule has 0 aliphatic heterocycles. The van der Waals surface area contributed by atoms with Crippen LogP contribution in [0.3, 0.4) is 0 Å². The van der Waals surface area contributed by atoms with Gasteiger partial charge >= 0.3 is 0 Å². The Hall–Kier alpha value is -1.79. The van der Waals surface area contributed by atoms with Gasteiger partial charge in [0.15, 0.2) is 0 Å². The van der Waals surface area contributed by atoms with Gasteiger partial charge in [-0.05, 0) is 36.8 Å². The van der Waals surface area contributed by atoms with Gasteiger partial charge in [0.1, 0.15) is 5.69 Å². The van der Waals surface area contributed by atoms with E-state index in [-0.39, 0.29) is 10.3 Å². The van der Waals surface area contributed by atoms with Crippen molar-refractivity contribution in [2.45, 2.75) is 6.92 Å². The molecule has 0 aliphatic rings. The number of benzene rings is 1. The third-order valence-corrected chi connectivity index (χ3v) is 2.68. The summed E-state index contributed by atoms with van der Waals surface area (Å²) in [5.74, 6) is 0. The summed E-state index contributed by atoms with van der Waals surface area (Å²) in [6.07, 6.45) is 1.51. The molecular weight excluding hydrogens is 272 g/mol. The van der Waals surface area contributed by atoms with E-state index in [1.54, 1.807) is 25.1 Å². The van der Waals surface area contributed by atoms with E-state index in [1.807, 2.05) is 6.07 Å². The lowest BCUT2D eigenvalue weighted by molar-refractivity contribution is 0.720. The molecule has 0 amide bonds. The zero-order valence-corrected chi connectivity index (χ0v) is 11.0. The summed E-state index contributed by atoms with van der Waals surface area (Å²) in [6, 6.07) is 7.11. The van der Waals surface area contributed by atoms with Crippen molar-refractivity contribution in [3.05, 3.63) is 55.7 Å². The molecule has 0 spiro atoms. The van der Waals surface area contributed by atoms with Gasteiger partial charge in [0, 0.05) is 5.02 Å². The average Bonchev–Trinajstić information content (AvgIpc) is 2.34. The highest BCUT2D eigenvalue weighted by molar-refractivity contribution is 7.71. The van der Waals surface area contributed by atoms with Crippen molar-refractivity contribution in [1.82, 2.24) is 14.9 Å². The summed E-state index contributed by atoms with van der Waals surface area (Å²) < 4.78 is 1.22. The van der Waals surface area contributed by atoms with Crippen LogP contribution in [-0.4, -0.2) is 21.1 Å². The molecule has 1 N–H and O–H groups in total. The summed E-state index contributed by atoms with van der Waals surface area (Å²) in [7, 11) is 0. The molecule has 0 aliphatic carbocycles. The van der Waals surface area contributed by atoms with Crippen LogP contribution in [0.5, 0.6) is 0 Å². The molecule has 0 bridgehead atoms. The molecule has 2 rings (SSSR count). The van der Waals surface area contributed by atoms with Crippen LogP contribution in [0.2, 0.25) is 5.02 Å². The first-order valence-electron chi connectivity index (χ1n) is 5.06. The van der Waals surface area contributed by atoms with Crippen molar-refractivity contribution >= 4 is 30.0 Å². The van der Waals surface area contributed by atoms with E-state index in [9.17, 15) is 4.79 Å². The van der Waals surface area contributed by atoms with Crippen LogP contribution in [0.4, 0.5) is 0 Å². The van der Waals surface area contributed by atoms with E-state index in [0.717, 1.165) is 10.2 Å². The quantitative estimate of drug-likeness (QED) is 0.677. The second kappa shape index (κ2) is 5.24. The van der Waals surface area contributed by atoms with E-state index in [4.69, 9.17) is 23.8 Å². The van der Waals surface area contributed by atoms with Gasteiger partial charge in [0.25, 0.3) is 5.56 Å². The molecule has 18 heavy (non-hydrogen) atoms. The molecule has 1 aromatic carbocycles. The lowest BCUT2D eigenvalue weighted by Gasteiger charge is -1.99. The summed E-state index contributed by atoms with van der Waals surface area (Å²) in [4.78, 5) is 11.8. The number of H-pyrrole nitrogens is 1. The van der Waals surface area contributed by atoms with Crippen molar-refractivity contribution in [1.29, 1.82) is 0 Å². The first-order chi connectivity index (χ1) is 8.58. The van der Waals surface area contributed by atoms with E-state index in [0.29, 0.717) is 10.7 Å². The maximum atomic E-state index is 11.8. The van der Waals surface area contributed by atoms with Crippen molar-refractivity contribution in [2.24, 2.45) is 5.10 Å². The minimum absolute atomic E-state index is 0.142. The van der Waals surface area contributed by atoms with Crippen molar-refractivity contribution < 1.29 is 0 Å². The number of rotatable bonds is 2. The fourth-order valence-corrected chi connectivity index (χ4v) is 1.66. The molecule has 0 fully saturated rings. The second-order valence-corrected chi connectivity index (χ2v) is 4.35. The zero-order chi connectivity index (χ0) is 13.1. The molecule has 0 unspecified atom stereocenters. The Labute approximate surface area is 113 Å². The first kappa shape index (κ1) is 12.7. The molecule has 7 heteroatoms. The number of hydrogen-bond donors (Lipinski definition) is 1. The molecule has 0 radical (unpaired) electrons. The molecule has 5 nitrogen and oxygen atoms in total. The van der Waals surface area contributed by atoms with Crippen molar-refractivity contribution in [3.8, 4) is 0 Å². The van der Waals surface area contributed by atoms with Crippen LogP contribution in [-0.2, 0) is 0 Å². The molecular formula is C11H9ClN4OS. The lowest BCUT2D eigenvalue weighted by Crippen LogP contribution is -2.22. The normalized spacial score (nSPS) is 11.0. The molecule has 0 saturated carbocycles. The Morgan fingerprint density at radius 3 is 3.06 bits per heavy atom. The summed E-state index contributed by atoms with van der Waals surface area (Å²) in [6.45, 7) is 1.58. The van der Waals surface area contributed by atoms with Crippen molar-refractivity contribution in [3.63, 3.8) is 0 Å². The van der Waals surface area contributed by atoms with Gasteiger partial charge in [-0.1, -0.05) is 23.7 Å². The fraction of sp³-hybridized carbons (Fsp3) is 0.0909. The Bertz CT molecular complexity index is 719. The predicted molar refractivity (Wildman–Crippen MR) is 72.9 cm³/mol. The maximum Gasteiger partial charge on any atom is 0.296 e. The number of nitrogens with one attached hydrogen (secondary N) is 1. The van der Waals surface area contributed by atoms with E-state index in [2.05, 4.69) is 15.3 Å². The average molecular weight is 281 g/mol. The monoisotopic (exact) mass is 280 g/mol. The number of nitrogens with zero attached hydrogens (tertiary/aromatic N) is 3. The molecule has 0 saturated heterocycles. The largest absolute Gasteiger partial charge is 0.296 e. The Kier molecular flexibility index (Phi) is 3.69. The predicted octanol–water partition coefficient (Wildman–Crippen LogP) is 2.14. The summed E-state index contributed by atoms with van der Waals surface area (Å²) in [5, 5.41) is 10.9. The minimum Gasteiger partial charge on any atom is -0.265 e. The summed E-state index contributed by atoms with van der Waals surface area (Å²) in [5.41, 5.74) is 0.724. The van der Waals surface area contributed by atoms with Crippen LogP contribution >= 0.6 is 23.8 Å². The van der Waals surface area contributed by atoms with Gasteiger partial charge in [-0.15, -0.1) is 0 Å². The number of aromatic amines is 1. The fourth-order valence-electron chi connectivity index (χ4n) is 1.29. The van der Waals surface area contributed by atoms with Crippen LogP contribution < -0.4 is 5.56 Å². The van der Waals surface area contributed by atoms with Crippen LogP contribution in [0.1, 0.15) is 11.3 Å². The van der Waals surface area contributed by atoms with Crippen molar-refractivity contribution in [2.75, 3.05) is 0 Å². The first-order valence-corrected chi connectivity index (χ1v) is 5.85. The lowest BCUT2D eigenvalue weighted by atomic mass is 10.2. The van der Waals surface area contributed by atoms with Gasteiger partial charge in [-0.2, -0.15) is 14.9 Å². The maximum absolute atomic E-state index is 11.8. The Morgan fingerprint density at radius 1 is 1.56 bits per heavy atom. The highest BCUT2D eigenvalue weighted by Gasteiger charge is 2.00. The number of hydrogen-bond acceptors (Lipinski definition) is 4. The topological polar surface area (TPSA) is 63.0 Å². The highest BCUT2D eigenvalue weighted by Crippen LogP contribution is 2.08. The smallest absolute Gasteiger partial charge is 0.265 e. The number of aromatic nitrogens is 3. The number of halogens is 1. The van der Waals surface area contributed by atoms with Crippen LogP contribution in [0, 0.1) is 11.7 Å². The highest BCUT2D eigenvalue weighted by atomic mass is 35.5. The second-order valence-electron chi connectivity index (χ2n) is 3.53. The molecule has 1 heterocycles. The third kappa shape index (κ3) is 2.72. The van der Waals surface area contributed by atoms with Crippen LogP contribution in [0.15, 0.2) is 34.2 Å². The SMILES string of the molecule is Cc1n[nH]c(=S)n(/N=C/c2cccc(Cl)c2)c1=O. The van der Waals surface area contributed by atoms with Gasteiger partial charge in [0.05, 0.1) is 6.21 Å². The summed E-state index contributed by atoms with van der Waals surface area (Å²) >= 11 is 10.8. The molecule has 92 valence electrons. The standard InChI is InChI=1S/C11H9ClN4OS/c1-7-10(17)16(11(18)15-14-7)13-6-8-3-2-4-9(12)5-8/h2-6H,1H3,(H,15,18)/b13-6+. The van der Waals surface area contributed by atoms with E-state index < -0.39 is 0 Å².